The quantitative estimate of drug-likeness (QED) is 0.626. The summed E-state index contributed by atoms with van der Waals surface area (Å²) >= 11 is 0. The van der Waals surface area contributed by atoms with Gasteiger partial charge < -0.3 is 16.0 Å². The van der Waals surface area contributed by atoms with E-state index >= 15 is 0 Å². The Morgan fingerprint density at radius 3 is 2.83 bits per heavy atom. The highest BCUT2D eigenvalue weighted by Crippen LogP contribution is 2.33. The fraction of sp³-hybridized carbons (Fsp3) is 0.300. The Morgan fingerprint density at radius 2 is 2.03 bits per heavy atom. The molecule has 4 rings (SSSR count). The third-order valence-electron chi connectivity index (χ3n) is 5.25. The third-order valence-corrected chi connectivity index (χ3v) is 5.25. The predicted molar refractivity (Wildman–Crippen MR) is 107 cm³/mol. The molecule has 4 heterocycles. The van der Waals surface area contributed by atoms with E-state index in [2.05, 4.69) is 27.4 Å². The molecule has 10 nitrogen and oxygen atoms in total. The second kappa shape index (κ2) is 7.90. The molecule has 10 heteroatoms. The van der Waals surface area contributed by atoms with E-state index in [0.29, 0.717) is 12.2 Å². The van der Waals surface area contributed by atoms with Gasteiger partial charge in [-0.05, 0) is 36.5 Å². The average molecular weight is 407 g/mol. The Kier molecular flexibility index (Phi) is 5.13. The second-order valence-corrected chi connectivity index (χ2v) is 7.50. The molecule has 2 atom stereocenters. The molecule has 30 heavy (non-hydrogen) atoms. The molecule has 3 N–H and O–H groups in total. The zero-order valence-electron chi connectivity index (χ0n) is 16.4. The molecule has 0 unspecified atom stereocenters. The SMILES string of the molecule is C[C@@H]1CC[C@@H](c2ccc3nncn3c2)N(C(=O)C(=O)Nc2cncc(C(N)=O)c2)C1. The molecule has 3 aromatic heterocycles. The summed E-state index contributed by atoms with van der Waals surface area (Å²) in [6.07, 6.45) is 7.82. The molecule has 0 radical (unpaired) electrons. The van der Waals surface area contributed by atoms with Gasteiger partial charge in [-0.2, -0.15) is 0 Å². The van der Waals surface area contributed by atoms with Crippen molar-refractivity contribution in [3.8, 4) is 0 Å². The molecule has 0 aliphatic carbocycles. The van der Waals surface area contributed by atoms with Crippen molar-refractivity contribution >= 4 is 29.1 Å². The minimum Gasteiger partial charge on any atom is -0.366 e. The largest absolute Gasteiger partial charge is 0.366 e. The Morgan fingerprint density at radius 1 is 1.20 bits per heavy atom. The summed E-state index contributed by atoms with van der Waals surface area (Å²) in [6.45, 7) is 2.52. The van der Waals surface area contributed by atoms with Crippen LogP contribution in [0.1, 0.15) is 41.7 Å². The van der Waals surface area contributed by atoms with Crippen LogP contribution in [-0.4, -0.2) is 48.7 Å². The smallest absolute Gasteiger partial charge is 0.313 e. The highest BCUT2D eigenvalue weighted by atomic mass is 16.2. The van der Waals surface area contributed by atoms with E-state index < -0.39 is 17.7 Å². The van der Waals surface area contributed by atoms with Crippen molar-refractivity contribution in [2.75, 3.05) is 11.9 Å². The molecule has 3 aromatic rings. The minimum atomic E-state index is -0.789. The molecule has 0 spiro atoms. The Balaban J connectivity index is 1.56. The highest BCUT2D eigenvalue weighted by molar-refractivity contribution is 6.39. The number of amides is 3. The first-order valence-electron chi connectivity index (χ1n) is 9.58. The fourth-order valence-electron chi connectivity index (χ4n) is 3.72. The number of nitrogens with zero attached hydrogens (tertiary/aromatic N) is 5. The summed E-state index contributed by atoms with van der Waals surface area (Å²) in [5.74, 6) is -1.82. The highest BCUT2D eigenvalue weighted by Gasteiger charge is 2.34. The van der Waals surface area contributed by atoms with Crippen LogP contribution in [0.4, 0.5) is 5.69 Å². The lowest BCUT2D eigenvalue weighted by molar-refractivity contribution is -0.146. The number of aromatic nitrogens is 4. The van der Waals surface area contributed by atoms with E-state index in [-0.39, 0.29) is 23.2 Å². The van der Waals surface area contributed by atoms with Crippen LogP contribution in [0.3, 0.4) is 0 Å². The maximum atomic E-state index is 13.0. The molecule has 1 aliphatic heterocycles. The van der Waals surface area contributed by atoms with Gasteiger partial charge in [0.25, 0.3) is 0 Å². The number of fused-ring (bicyclic) bond motifs is 1. The number of carbonyl (C=O) groups is 3. The Labute approximate surface area is 172 Å². The van der Waals surface area contributed by atoms with Crippen molar-refractivity contribution in [1.29, 1.82) is 0 Å². The summed E-state index contributed by atoms with van der Waals surface area (Å²) in [7, 11) is 0. The van der Waals surface area contributed by atoms with E-state index in [1.807, 2.05) is 18.3 Å². The second-order valence-electron chi connectivity index (χ2n) is 7.50. The maximum absolute atomic E-state index is 13.0. The molecule has 0 aromatic carbocycles. The summed E-state index contributed by atoms with van der Waals surface area (Å²) in [4.78, 5) is 42.5. The van der Waals surface area contributed by atoms with Crippen LogP contribution in [0, 0.1) is 5.92 Å². The molecular weight excluding hydrogens is 386 g/mol. The number of piperidine rings is 1. The predicted octanol–water partition coefficient (Wildman–Crippen LogP) is 1.16. The first-order chi connectivity index (χ1) is 14.4. The summed E-state index contributed by atoms with van der Waals surface area (Å²) in [6, 6.07) is 4.89. The van der Waals surface area contributed by atoms with Gasteiger partial charge in [0.05, 0.1) is 23.5 Å². The van der Waals surface area contributed by atoms with Crippen molar-refractivity contribution in [2.45, 2.75) is 25.8 Å². The number of anilines is 1. The lowest BCUT2D eigenvalue weighted by Crippen LogP contribution is -2.46. The molecule has 154 valence electrons. The zero-order chi connectivity index (χ0) is 21.3. The van der Waals surface area contributed by atoms with E-state index in [4.69, 9.17) is 5.73 Å². The third kappa shape index (κ3) is 3.84. The Hall–Kier alpha value is -3.82. The van der Waals surface area contributed by atoms with Gasteiger partial charge in [-0.3, -0.25) is 23.8 Å². The number of carbonyl (C=O) groups excluding carboxylic acids is 3. The van der Waals surface area contributed by atoms with E-state index in [0.717, 1.165) is 18.4 Å². The number of pyridine rings is 2. The molecule has 0 saturated carbocycles. The van der Waals surface area contributed by atoms with Gasteiger partial charge in [0.15, 0.2) is 5.65 Å². The number of likely N-dealkylation sites (tertiary alicyclic amines) is 1. The molecule has 1 aliphatic rings. The average Bonchev–Trinajstić information content (AvgIpc) is 3.21. The van der Waals surface area contributed by atoms with E-state index in [9.17, 15) is 14.4 Å². The van der Waals surface area contributed by atoms with Crippen LogP contribution in [0.25, 0.3) is 5.65 Å². The molecule has 1 fully saturated rings. The lowest BCUT2D eigenvalue weighted by Gasteiger charge is -2.38. The van der Waals surface area contributed by atoms with Crippen molar-refractivity contribution < 1.29 is 14.4 Å². The Bertz CT molecular complexity index is 1130. The van der Waals surface area contributed by atoms with Crippen LogP contribution in [-0.2, 0) is 9.59 Å². The number of rotatable bonds is 3. The van der Waals surface area contributed by atoms with Crippen molar-refractivity contribution in [3.63, 3.8) is 0 Å². The van der Waals surface area contributed by atoms with Gasteiger partial charge in [-0.25, -0.2) is 0 Å². The molecule has 0 bridgehead atoms. The maximum Gasteiger partial charge on any atom is 0.313 e. The molecular formula is C20H21N7O3. The van der Waals surface area contributed by atoms with Crippen molar-refractivity contribution in [3.05, 3.63) is 54.2 Å². The molecule has 1 saturated heterocycles. The lowest BCUT2D eigenvalue weighted by atomic mass is 9.90. The van der Waals surface area contributed by atoms with Gasteiger partial charge in [-0.1, -0.05) is 13.0 Å². The van der Waals surface area contributed by atoms with Gasteiger partial charge >= 0.3 is 11.8 Å². The summed E-state index contributed by atoms with van der Waals surface area (Å²) in [5, 5.41) is 10.4. The van der Waals surface area contributed by atoms with Gasteiger partial charge in [0, 0.05) is 18.9 Å². The van der Waals surface area contributed by atoms with E-state index in [1.54, 1.807) is 15.6 Å². The van der Waals surface area contributed by atoms with Crippen molar-refractivity contribution in [2.24, 2.45) is 11.7 Å². The number of hydrogen-bond donors (Lipinski definition) is 2. The van der Waals surface area contributed by atoms with Crippen molar-refractivity contribution in [1.82, 2.24) is 24.5 Å². The van der Waals surface area contributed by atoms with Crippen LogP contribution >= 0.6 is 0 Å². The zero-order valence-corrected chi connectivity index (χ0v) is 16.4. The monoisotopic (exact) mass is 407 g/mol. The number of nitrogens with two attached hydrogens (primary N) is 1. The van der Waals surface area contributed by atoms with Gasteiger partial charge in [-0.15, -0.1) is 10.2 Å². The van der Waals surface area contributed by atoms with Crippen LogP contribution < -0.4 is 11.1 Å². The van der Waals surface area contributed by atoms with Gasteiger partial charge in [0.1, 0.15) is 6.33 Å². The first-order valence-corrected chi connectivity index (χ1v) is 9.58. The van der Waals surface area contributed by atoms with E-state index in [1.165, 1.54) is 18.5 Å². The number of nitrogens with one attached hydrogen (secondary N) is 1. The van der Waals surface area contributed by atoms with Crippen LogP contribution in [0.15, 0.2) is 43.1 Å². The summed E-state index contributed by atoms with van der Waals surface area (Å²) in [5.41, 5.74) is 7.24. The van der Waals surface area contributed by atoms with Crippen LogP contribution in [0.5, 0.6) is 0 Å². The first kappa shape index (κ1) is 19.5. The number of hydrogen-bond acceptors (Lipinski definition) is 6. The number of primary amides is 1. The normalized spacial score (nSPS) is 18.9. The fourth-order valence-corrected chi connectivity index (χ4v) is 3.72. The minimum absolute atomic E-state index is 0.145. The summed E-state index contributed by atoms with van der Waals surface area (Å²) < 4.78 is 1.79. The van der Waals surface area contributed by atoms with Crippen LogP contribution in [0.2, 0.25) is 0 Å². The topological polar surface area (TPSA) is 136 Å². The van der Waals surface area contributed by atoms with Gasteiger partial charge in [0.2, 0.25) is 5.91 Å². The molecule has 3 amide bonds. The standard InChI is InChI=1S/C20H21N7O3/c1-12-2-4-16(13-3-5-17-25-23-11-26(17)10-13)27(9-12)20(30)19(29)24-15-6-14(18(21)28)7-22-8-15/h3,5-8,10-12,16H,2,4,9H2,1H3,(H2,21,28)(H,24,29)/t12-,16+/m1/s1.